The van der Waals surface area contributed by atoms with Crippen molar-refractivity contribution in [2.75, 3.05) is 12.3 Å². The van der Waals surface area contributed by atoms with Crippen LogP contribution in [0.5, 0.6) is 0 Å². The SMILES string of the molecule is C[C@H]1[C@H](CS(=O)(=O)O)CN1C(c1ccccc1)c1ccccc1. The van der Waals surface area contributed by atoms with Crippen LogP contribution in [0.1, 0.15) is 24.1 Å². The highest BCUT2D eigenvalue weighted by Crippen LogP contribution is 2.38. The molecule has 0 radical (unpaired) electrons. The maximum absolute atomic E-state index is 11.1. The van der Waals surface area contributed by atoms with E-state index in [4.69, 9.17) is 4.55 Å². The second-order valence-electron chi connectivity index (χ2n) is 6.17. The zero-order valence-corrected chi connectivity index (χ0v) is 13.9. The lowest BCUT2D eigenvalue weighted by Crippen LogP contribution is -2.58. The molecule has 1 N–H and O–H groups in total. The molecule has 1 aliphatic heterocycles. The first-order chi connectivity index (χ1) is 11.0. The van der Waals surface area contributed by atoms with Crippen molar-refractivity contribution >= 4 is 10.1 Å². The van der Waals surface area contributed by atoms with Gasteiger partial charge in [0.1, 0.15) is 0 Å². The predicted octanol–water partition coefficient (Wildman–Crippen LogP) is 2.98. The lowest BCUT2D eigenvalue weighted by molar-refractivity contribution is 0.0111. The van der Waals surface area contributed by atoms with Crippen LogP contribution >= 0.6 is 0 Å². The van der Waals surface area contributed by atoms with Crippen LogP contribution in [0.15, 0.2) is 60.7 Å². The maximum Gasteiger partial charge on any atom is 0.265 e. The highest BCUT2D eigenvalue weighted by atomic mass is 32.2. The van der Waals surface area contributed by atoms with Crippen molar-refractivity contribution in [3.8, 4) is 0 Å². The molecule has 0 spiro atoms. The second kappa shape index (κ2) is 6.43. The summed E-state index contributed by atoms with van der Waals surface area (Å²) in [7, 11) is -3.92. The molecule has 122 valence electrons. The topological polar surface area (TPSA) is 57.6 Å². The standard InChI is InChI=1S/C18H21NO3S/c1-14-17(13-23(20,21)22)12-19(14)18(15-8-4-2-5-9-15)16-10-6-3-7-11-16/h2-11,14,17-18H,12-13H2,1H3,(H,20,21,22)/t14-,17-/m0/s1. The van der Waals surface area contributed by atoms with Crippen LogP contribution in [0.3, 0.4) is 0 Å². The number of benzene rings is 2. The summed E-state index contributed by atoms with van der Waals surface area (Å²) in [6.45, 7) is 2.69. The Kier molecular flexibility index (Phi) is 4.53. The summed E-state index contributed by atoms with van der Waals surface area (Å²) in [5.41, 5.74) is 2.38. The van der Waals surface area contributed by atoms with Crippen molar-refractivity contribution in [3.63, 3.8) is 0 Å². The maximum atomic E-state index is 11.1. The predicted molar refractivity (Wildman–Crippen MR) is 90.8 cm³/mol. The minimum absolute atomic E-state index is 0.0278. The van der Waals surface area contributed by atoms with Crippen LogP contribution in [-0.4, -0.2) is 36.2 Å². The van der Waals surface area contributed by atoms with E-state index in [2.05, 4.69) is 29.2 Å². The molecule has 0 aromatic heterocycles. The molecule has 1 fully saturated rings. The van der Waals surface area contributed by atoms with Gasteiger partial charge >= 0.3 is 0 Å². The summed E-state index contributed by atoms with van der Waals surface area (Å²) < 4.78 is 31.4. The van der Waals surface area contributed by atoms with E-state index in [-0.39, 0.29) is 23.8 Å². The third-order valence-corrected chi connectivity index (χ3v) is 5.49. The molecule has 1 saturated heterocycles. The first-order valence-corrected chi connectivity index (χ1v) is 9.37. The molecule has 0 unspecified atom stereocenters. The van der Waals surface area contributed by atoms with Crippen LogP contribution in [0, 0.1) is 5.92 Å². The van der Waals surface area contributed by atoms with E-state index >= 15 is 0 Å². The van der Waals surface area contributed by atoms with E-state index in [0.29, 0.717) is 6.54 Å². The van der Waals surface area contributed by atoms with E-state index in [1.54, 1.807) is 0 Å². The Hall–Kier alpha value is -1.69. The number of rotatable bonds is 5. The molecule has 4 nitrogen and oxygen atoms in total. The first kappa shape index (κ1) is 16.2. The van der Waals surface area contributed by atoms with Crippen molar-refractivity contribution < 1.29 is 13.0 Å². The lowest BCUT2D eigenvalue weighted by atomic mass is 9.85. The quantitative estimate of drug-likeness (QED) is 0.856. The molecule has 0 saturated carbocycles. The summed E-state index contributed by atoms with van der Waals surface area (Å²) in [4.78, 5) is 2.29. The minimum atomic E-state index is -3.92. The van der Waals surface area contributed by atoms with Gasteiger partial charge in [0.15, 0.2) is 0 Å². The highest BCUT2D eigenvalue weighted by Gasteiger charge is 2.42. The second-order valence-corrected chi connectivity index (χ2v) is 7.67. The molecule has 2 aromatic carbocycles. The van der Waals surface area contributed by atoms with E-state index in [0.717, 1.165) is 0 Å². The van der Waals surface area contributed by atoms with Crippen molar-refractivity contribution in [3.05, 3.63) is 71.8 Å². The molecule has 0 aliphatic carbocycles. The monoisotopic (exact) mass is 331 g/mol. The van der Waals surface area contributed by atoms with Crippen LogP contribution < -0.4 is 0 Å². The number of hydrogen-bond acceptors (Lipinski definition) is 3. The molecule has 0 amide bonds. The van der Waals surface area contributed by atoms with Gasteiger partial charge in [-0.3, -0.25) is 9.45 Å². The number of likely N-dealkylation sites (tertiary alicyclic amines) is 1. The van der Waals surface area contributed by atoms with Crippen molar-refractivity contribution in [2.45, 2.75) is 19.0 Å². The van der Waals surface area contributed by atoms with Gasteiger partial charge in [0, 0.05) is 18.5 Å². The fourth-order valence-electron chi connectivity index (χ4n) is 3.37. The van der Waals surface area contributed by atoms with E-state index < -0.39 is 10.1 Å². The van der Waals surface area contributed by atoms with Gasteiger partial charge in [-0.05, 0) is 18.1 Å². The molecule has 2 atom stereocenters. The summed E-state index contributed by atoms with van der Waals surface area (Å²) in [5, 5.41) is 0. The zero-order chi connectivity index (χ0) is 16.4. The molecule has 1 aliphatic rings. The number of hydrogen-bond donors (Lipinski definition) is 1. The van der Waals surface area contributed by atoms with Gasteiger partial charge in [0.25, 0.3) is 10.1 Å². The third-order valence-electron chi connectivity index (χ3n) is 4.64. The molecule has 2 aromatic rings. The fraction of sp³-hybridized carbons (Fsp3) is 0.333. The smallest absolute Gasteiger partial charge is 0.265 e. The molecular weight excluding hydrogens is 310 g/mol. The Labute approximate surface area is 137 Å². The molecule has 1 heterocycles. The normalized spacial score (nSPS) is 22.0. The Balaban J connectivity index is 1.87. The largest absolute Gasteiger partial charge is 0.289 e. The molecular formula is C18H21NO3S. The molecule has 3 rings (SSSR count). The van der Waals surface area contributed by atoms with Crippen molar-refractivity contribution in [2.24, 2.45) is 5.92 Å². The van der Waals surface area contributed by atoms with Crippen LogP contribution in [0.4, 0.5) is 0 Å². The Morgan fingerprint density at radius 3 is 1.91 bits per heavy atom. The molecule has 0 bridgehead atoms. The summed E-state index contributed by atoms with van der Waals surface area (Å²) in [6.07, 6.45) is 0. The van der Waals surface area contributed by atoms with Gasteiger partial charge in [-0.1, -0.05) is 60.7 Å². The number of nitrogens with zero attached hydrogens (tertiary/aromatic N) is 1. The third kappa shape index (κ3) is 3.63. The van der Waals surface area contributed by atoms with Crippen molar-refractivity contribution in [1.29, 1.82) is 0 Å². The van der Waals surface area contributed by atoms with E-state index in [1.807, 2.05) is 43.3 Å². The summed E-state index contributed by atoms with van der Waals surface area (Å²) >= 11 is 0. The Morgan fingerprint density at radius 2 is 1.52 bits per heavy atom. The van der Waals surface area contributed by atoms with Crippen LogP contribution in [-0.2, 0) is 10.1 Å². The van der Waals surface area contributed by atoms with E-state index in [1.165, 1.54) is 11.1 Å². The van der Waals surface area contributed by atoms with Gasteiger partial charge in [-0.2, -0.15) is 8.42 Å². The summed E-state index contributed by atoms with van der Waals surface area (Å²) in [5.74, 6) is -0.194. The highest BCUT2D eigenvalue weighted by molar-refractivity contribution is 7.85. The Morgan fingerprint density at radius 1 is 1.04 bits per heavy atom. The molecule has 23 heavy (non-hydrogen) atoms. The van der Waals surface area contributed by atoms with Gasteiger partial charge < -0.3 is 0 Å². The van der Waals surface area contributed by atoms with Gasteiger partial charge in [-0.25, -0.2) is 0 Å². The first-order valence-electron chi connectivity index (χ1n) is 7.76. The fourth-order valence-corrected chi connectivity index (χ4v) is 4.30. The minimum Gasteiger partial charge on any atom is -0.289 e. The van der Waals surface area contributed by atoms with Gasteiger partial charge in [0.2, 0.25) is 0 Å². The summed E-state index contributed by atoms with van der Waals surface area (Å²) in [6, 6.07) is 20.7. The van der Waals surface area contributed by atoms with E-state index in [9.17, 15) is 8.42 Å². The van der Waals surface area contributed by atoms with Crippen molar-refractivity contribution in [1.82, 2.24) is 4.90 Å². The average molecular weight is 331 g/mol. The average Bonchev–Trinajstić information content (AvgIpc) is 2.54. The molecule has 5 heteroatoms. The Bertz CT molecular complexity index is 707. The lowest BCUT2D eigenvalue weighted by Gasteiger charge is -2.50. The zero-order valence-electron chi connectivity index (χ0n) is 13.0. The van der Waals surface area contributed by atoms with Gasteiger partial charge in [-0.15, -0.1) is 0 Å². The van der Waals surface area contributed by atoms with Gasteiger partial charge in [0.05, 0.1) is 11.8 Å². The van der Waals surface area contributed by atoms with Crippen LogP contribution in [0.2, 0.25) is 0 Å². The van der Waals surface area contributed by atoms with Crippen LogP contribution in [0.25, 0.3) is 0 Å².